The van der Waals surface area contributed by atoms with E-state index in [9.17, 15) is 38.2 Å². The average molecular weight is 712 g/mol. The molecule has 0 fully saturated rings. The van der Waals surface area contributed by atoms with Crippen LogP contribution in [0.15, 0.2) is 72.8 Å². The number of esters is 1. The molecule has 7 atom stereocenters. The highest BCUT2D eigenvalue weighted by molar-refractivity contribution is 5.91. The summed E-state index contributed by atoms with van der Waals surface area (Å²) in [4.78, 5) is 52.8. The molecule has 0 radical (unpaired) electrons. The van der Waals surface area contributed by atoms with Gasteiger partial charge in [0.05, 0.1) is 19.8 Å². The van der Waals surface area contributed by atoms with Gasteiger partial charge in [-0.15, -0.1) is 0 Å². The molecule has 1 aliphatic carbocycles. The first kappa shape index (κ1) is 39.2. The molecule has 12 nitrogen and oxygen atoms in total. The van der Waals surface area contributed by atoms with Crippen LogP contribution in [0.25, 0.3) is 0 Å². The van der Waals surface area contributed by atoms with Gasteiger partial charge in [0.1, 0.15) is 35.7 Å². The van der Waals surface area contributed by atoms with E-state index in [-0.39, 0.29) is 36.5 Å². The van der Waals surface area contributed by atoms with Gasteiger partial charge in [-0.05, 0) is 35.6 Å². The fourth-order valence-corrected chi connectivity index (χ4v) is 6.34. The SMILES string of the molecule is CC(C)[C@H](N)C(=O)OCCC(=O)[C@@H]1Cc2ccccc2[C@H]1[C@](OCc1ccccc1F)(C(N)=O)[C@H](O)[C@@H](O)[C@@H](OCc1ccccc1F)C(N)=O. The van der Waals surface area contributed by atoms with Gasteiger partial charge < -0.3 is 41.6 Å². The summed E-state index contributed by atoms with van der Waals surface area (Å²) in [5.41, 5.74) is 15.6. The van der Waals surface area contributed by atoms with E-state index in [1.165, 1.54) is 36.4 Å². The van der Waals surface area contributed by atoms with Crippen LogP contribution in [0.5, 0.6) is 0 Å². The number of aliphatic hydroxyl groups excluding tert-OH is 2. The van der Waals surface area contributed by atoms with Gasteiger partial charge in [0.15, 0.2) is 11.7 Å². The topological polar surface area (TPSA) is 214 Å². The van der Waals surface area contributed by atoms with Crippen molar-refractivity contribution in [3.8, 4) is 0 Å². The quantitative estimate of drug-likeness (QED) is 0.121. The van der Waals surface area contributed by atoms with Crippen molar-refractivity contribution in [2.75, 3.05) is 6.61 Å². The van der Waals surface area contributed by atoms with Crippen molar-refractivity contribution in [2.24, 2.45) is 29.0 Å². The fourth-order valence-electron chi connectivity index (χ4n) is 6.34. The Hall–Kier alpha value is -4.60. The van der Waals surface area contributed by atoms with Crippen molar-refractivity contribution in [2.45, 2.75) is 75.8 Å². The Kier molecular flexibility index (Phi) is 13.1. The number of aliphatic hydroxyl groups is 2. The number of hydrogen-bond donors (Lipinski definition) is 5. The Labute approximate surface area is 293 Å². The largest absolute Gasteiger partial charge is 0.464 e. The Balaban J connectivity index is 1.77. The third-order valence-corrected chi connectivity index (χ3v) is 9.23. The predicted octanol–water partition coefficient (Wildman–Crippen LogP) is 1.94. The molecule has 2 amide bonds. The van der Waals surface area contributed by atoms with Gasteiger partial charge in [0.2, 0.25) is 5.91 Å². The zero-order chi connectivity index (χ0) is 37.5. The summed E-state index contributed by atoms with van der Waals surface area (Å²) >= 11 is 0. The van der Waals surface area contributed by atoms with E-state index < -0.39 is 90.2 Å². The van der Waals surface area contributed by atoms with E-state index in [2.05, 4.69) is 0 Å². The van der Waals surface area contributed by atoms with E-state index in [1.54, 1.807) is 38.1 Å². The van der Waals surface area contributed by atoms with Crippen molar-refractivity contribution < 1.29 is 52.4 Å². The lowest BCUT2D eigenvalue weighted by Gasteiger charge is -2.44. The standard InChI is InChI=1S/C37H43F2N3O9/c1-20(2)30(40)35(47)49-16-15-28(43)25-17-21-9-3-6-12-24(21)29(25)37(36(42)48,51-19-23-11-5-8-14-27(23)39)33(45)31(44)32(34(41)46)50-18-22-10-4-7-13-26(22)38/h3-14,20,25,29-33,44-45H,15-19,40H2,1-2H3,(H2,41,46)(H2,42,48)/t25-,29+,30-,31-,32+,33+,37+/m0/s1. The van der Waals surface area contributed by atoms with E-state index >= 15 is 0 Å². The Morgan fingerprint density at radius 2 is 1.45 bits per heavy atom. The molecular formula is C37H43F2N3O9. The van der Waals surface area contributed by atoms with Crippen molar-refractivity contribution >= 4 is 23.6 Å². The van der Waals surface area contributed by atoms with Gasteiger partial charge in [-0.1, -0.05) is 74.5 Å². The number of ketones is 1. The minimum absolute atomic E-state index is 0.00663. The van der Waals surface area contributed by atoms with Crippen LogP contribution < -0.4 is 17.2 Å². The van der Waals surface area contributed by atoms with E-state index in [4.69, 9.17) is 31.4 Å². The molecule has 8 N–H and O–H groups in total. The highest BCUT2D eigenvalue weighted by Gasteiger charge is 2.61. The second-order valence-corrected chi connectivity index (χ2v) is 12.8. The summed E-state index contributed by atoms with van der Waals surface area (Å²) in [7, 11) is 0. The van der Waals surface area contributed by atoms with Crippen molar-refractivity contribution in [3.63, 3.8) is 0 Å². The molecule has 0 saturated carbocycles. The molecule has 14 heteroatoms. The van der Waals surface area contributed by atoms with Gasteiger partial charge in [-0.2, -0.15) is 0 Å². The Morgan fingerprint density at radius 3 is 2.02 bits per heavy atom. The van der Waals surface area contributed by atoms with Crippen molar-refractivity contribution in [1.29, 1.82) is 0 Å². The predicted molar refractivity (Wildman–Crippen MR) is 179 cm³/mol. The number of nitrogens with two attached hydrogens (primary N) is 3. The van der Waals surface area contributed by atoms with E-state index in [0.29, 0.717) is 11.1 Å². The molecule has 1 aliphatic rings. The molecule has 0 aromatic heterocycles. The number of carbonyl (C=O) groups is 4. The molecule has 51 heavy (non-hydrogen) atoms. The summed E-state index contributed by atoms with van der Waals surface area (Å²) in [5.74, 6) is -8.11. The molecule has 0 spiro atoms. The van der Waals surface area contributed by atoms with Gasteiger partial charge in [0, 0.05) is 29.4 Å². The van der Waals surface area contributed by atoms with Crippen LogP contribution in [0.2, 0.25) is 0 Å². The van der Waals surface area contributed by atoms with Crippen LogP contribution in [0, 0.1) is 23.5 Å². The minimum Gasteiger partial charge on any atom is -0.464 e. The van der Waals surface area contributed by atoms with E-state index in [0.717, 1.165) is 12.1 Å². The Morgan fingerprint density at radius 1 is 0.882 bits per heavy atom. The normalized spacial score (nSPS) is 19.0. The van der Waals surface area contributed by atoms with Crippen LogP contribution in [-0.2, 0) is 53.0 Å². The molecule has 4 rings (SSSR count). The van der Waals surface area contributed by atoms with Gasteiger partial charge >= 0.3 is 5.97 Å². The highest BCUT2D eigenvalue weighted by Crippen LogP contribution is 2.49. The molecule has 0 aliphatic heterocycles. The van der Waals surface area contributed by atoms with Crippen LogP contribution >= 0.6 is 0 Å². The number of ether oxygens (including phenoxy) is 3. The van der Waals surface area contributed by atoms with Crippen molar-refractivity contribution in [3.05, 3.63) is 107 Å². The third-order valence-electron chi connectivity index (χ3n) is 9.23. The lowest BCUT2D eigenvalue weighted by atomic mass is 9.70. The van der Waals surface area contributed by atoms with Crippen LogP contribution in [0.4, 0.5) is 8.78 Å². The molecular weight excluding hydrogens is 668 g/mol. The number of carbonyl (C=O) groups excluding carboxylic acids is 4. The maximum Gasteiger partial charge on any atom is 0.323 e. The zero-order valence-corrected chi connectivity index (χ0v) is 28.2. The number of benzene rings is 3. The Bertz CT molecular complexity index is 1720. The molecule has 274 valence electrons. The molecule has 3 aromatic carbocycles. The number of rotatable bonds is 18. The first-order valence-corrected chi connectivity index (χ1v) is 16.4. The molecule has 0 bridgehead atoms. The number of halogens is 2. The summed E-state index contributed by atoms with van der Waals surface area (Å²) in [6, 6.07) is 16.5. The summed E-state index contributed by atoms with van der Waals surface area (Å²) in [6.07, 6.45) is -7.14. The molecule has 0 unspecified atom stereocenters. The number of primary amides is 2. The smallest absolute Gasteiger partial charge is 0.323 e. The van der Waals surface area contributed by atoms with Crippen LogP contribution in [0.1, 0.15) is 48.4 Å². The molecule has 0 saturated heterocycles. The maximum absolute atomic E-state index is 14.9. The zero-order valence-electron chi connectivity index (χ0n) is 28.2. The lowest BCUT2D eigenvalue weighted by Crippen LogP contribution is -2.66. The average Bonchev–Trinajstić information content (AvgIpc) is 3.49. The second kappa shape index (κ2) is 17.1. The second-order valence-electron chi connectivity index (χ2n) is 12.8. The van der Waals surface area contributed by atoms with Gasteiger partial charge in [0.25, 0.3) is 5.91 Å². The third kappa shape index (κ3) is 8.65. The van der Waals surface area contributed by atoms with Crippen molar-refractivity contribution in [1.82, 2.24) is 0 Å². The summed E-state index contributed by atoms with van der Waals surface area (Å²) in [6.45, 7) is 1.86. The van der Waals surface area contributed by atoms with E-state index in [1.807, 2.05) is 0 Å². The maximum atomic E-state index is 14.9. The number of hydrogen-bond acceptors (Lipinski definition) is 10. The monoisotopic (exact) mass is 711 g/mol. The minimum atomic E-state index is -2.74. The molecule has 0 heterocycles. The highest BCUT2D eigenvalue weighted by atomic mass is 19.1. The van der Waals surface area contributed by atoms with Crippen LogP contribution in [0.3, 0.4) is 0 Å². The number of fused-ring (bicyclic) bond motifs is 1. The number of Topliss-reactive ketones (excluding diaryl/α,β-unsaturated/α-hetero) is 1. The van der Waals surface area contributed by atoms with Crippen LogP contribution in [-0.4, -0.2) is 70.3 Å². The lowest BCUT2D eigenvalue weighted by molar-refractivity contribution is -0.206. The van der Waals surface area contributed by atoms with Gasteiger partial charge in [-0.3, -0.25) is 19.2 Å². The first-order valence-electron chi connectivity index (χ1n) is 16.4. The summed E-state index contributed by atoms with van der Waals surface area (Å²) in [5, 5.41) is 23.6. The first-order chi connectivity index (χ1) is 24.2. The number of amides is 2. The summed E-state index contributed by atoms with van der Waals surface area (Å²) < 4.78 is 46.1. The van der Waals surface area contributed by atoms with Gasteiger partial charge in [-0.25, -0.2) is 8.78 Å². The fraction of sp³-hybridized carbons (Fsp3) is 0.405. The molecule has 3 aromatic rings.